The van der Waals surface area contributed by atoms with Gasteiger partial charge in [-0.2, -0.15) is 0 Å². The molecule has 1 aromatic rings. The number of aromatic hydroxyl groups is 1. The standard InChI is InChI=1S/C10H11ClO2/c1-6-3-4-7(2)10(13)9(6)8(12)5-11/h3-4,13H,5H2,1-2H3. The van der Waals surface area contributed by atoms with Gasteiger partial charge >= 0.3 is 0 Å². The smallest absolute Gasteiger partial charge is 0.181 e. The number of carbonyl (C=O) groups is 1. The molecule has 0 heterocycles. The third-order valence-electron chi connectivity index (χ3n) is 1.99. The van der Waals surface area contributed by atoms with Crippen LogP contribution in [0.2, 0.25) is 0 Å². The van der Waals surface area contributed by atoms with Crippen LogP contribution in [0.1, 0.15) is 21.5 Å². The Hall–Kier alpha value is -1.02. The Morgan fingerprint density at radius 1 is 1.38 bits per heavy atom. The molecule has 0 spiro atoms. The zero-order chi connectivity index (χ0) is 10.0. The van der Waals surface area contributed by atoms with Gasteiger partial charge in [0.2, 0.25) is 0 Å². The van der Waals surface area contributed by atoms with Crippen LogP contribution in [0.3, 0.4) is 0 Å². The molecule has 0 fully saturated rings. The highest BCUT2D eigenvalue weighted by Crippen LogP contribution is 2.25. The van der Waals surface area contributed by atoms with Crippen molar-refractivity contribution in [3.8, 4) is 5.75 Å². The normalized spacial score (nSPS) is 10.1. The topological polar surface area (TPSA) is 37.3 Å². The maximum Gasteiger partial charge on any atom is 0.181 e. The molecule has 0 aromatic heterocycles. The van der Waals surface area contributed by atoms with E-state index in [4.69, 9.17) is 11.6 Å². The molecule has 0 radical (unpaired) electrons. The van der Waals surface area contributed by atoms with Crippen LogP contribution in [-0.4, -0.2) is 16.8 Å². The van der Waals surface area contributed by atoms with Crippen molar-refractivity contribution in [1.82, 2.24) is 0 Å². The molecule has 0 atom stereocenters. The van der Waals surface area contributed by atoms with Gasteiger partial charge in [0.1, 0.15) is 5.75 Å². The number of carbonyl (C=O) groups excluding carboxylic acids is 1. The van der Waals surface area contributed by atoms with Gasteiger partial charge in [0.25, 0.3) is 0 Å². The van der Waals surface area contributed by atoms with Gasteiger partial charge in [-0.1, -0.05) is 12.1 Å². The summed E-state index contributed by atoms with van der Waals surface area (Å²) in [5.74, 6) is -0.288. The Morgan fingerprint density at radius 2 is 1.92 bits per heavy atom. The summed E-state index contributed by atoms with van der Waals surface area (Å²) in [5, 5.41) is 9.60. The van der Waals surface area contributed by atoms with Gasteiger partial charge in [0.05, 0.1) is 11.4 Å². The predicted octanol–water partition coefficient (Wildman–Crippen LogP) is 2.43. The van der Waals surface area contributed by atoms with Crippen molar-refractivity contribution in [2.75, 3.05) is 5.88 Å². The van der Waals surface area contributed by atoms with E-state index in [2.05, 4.69) is 0 Å². The molecule has 2 nitrogen and oxygen atoms in total. The number of rotatable bonds is 2. The van der Waals surface area contributed by atoms with Crippen LogP contribution in [0.4, 0.5) is 0 Å². The van der Waals surface area contributed by atoms with Gasteiger partial charge in [-0.05, 0) is 25.0 Å². The molecule has 0 unspecified atom stereocenters. The Kier molecular flexibility index (Phi) is 2.94. The van der Waals surface area contributed by atoms with Crippen LogP contribution in [0.25, 0.3) is 0 Å². The van der Waals surface area contributed by atoms with Crippen molar-refractivity contribution < 1.29 is 9.90 Å². The number of hydrogen-bond donors (Lipinski definition) is 1. The van der Waals surface area contributed by atoms with E-state index in [1.165, 1.54) is 0 Å². The van der Waals surface area contributed by atoms with Crippen molar-refractivity contribution in [3.05, 3.63) is 28.8 Å². The largest absolute Gasteiger partial charge is 0.507 e. The minimum atomic E-state index is -0.236. The first-order chi connectivity index (χ1) is 6.07. The van der Waals surface area contributed by atoms with Gasteiger partial charge in [0, 0.05) is 0 Å². The minimum Gasteiger partial charge on any atom is -0.507 e. The molecule has 0 aliphatic rings. The Labute approximate surface area is 82.2 Å². The summed E-state index contributed by atoms with van der Waals surface area (Å²) in [4.78, 5) is 11.3. The lowest BCUT2D eigenvalue weighted by Crippen LogP contribution is -2.04. The molecular weight excluding hydrogens is 188 g/mol. The average Bonchev–Trinajstić information content (AvgIpc) is 2.12. The van der Waals surface area contributed by atoms with Crippen molar-refractivity contribution in [2.24, 2.45) is 0 Å². The summed E-state index contributed by atoms with van der Waals surface area (Å²) in [6.07, 6.45) is 0. The highest BCUT2D eigenvalue weighted by molar-refractivity contribution is 6.31. The number of alkyl halides is 1. The molecular formula is C10H11ClO2. The number of phenols is 1. The molecule has 0 amide bonds. The second kappa shape index (κ2) is 3.79. The van der Waals surface area contributed by atoms with Crippen LogP contribution >= 0.6 is 11.6 Å². The van der Waals surface area contributed by atoms with Crippen molar-refractivity contribution in [2.45, 2.75) is 13.8 Å². The number of phenolic OH excluding ortho intramolecular Hbond substituents is 1. The fourth-order valence-corrected chi connectivity index (χ4v) is 1.35. The number of halogens is 1. The van der Waals surface area contributed by atoms with Crippen LogP contribution in [0, 0.1) is 13.8 Å². The Bertz CT molecular complexity index is 345. The highest BCUT2D eigenvalue weighted by atomic mass is 35.5. The van der Waals surface area contributed by atoms with E-state index in [1.54, 1.807) is 26.0 Å². The summed E-state index contributed by atoms with van der Waals surface area (Å²) in [7, 11) is 0. The molecule has 0 aliphatic carbocycles. The van der Waals surface area contributed by atoms with E-state index >= 15 is 0 Å². The predicted molar refractivity (Wildman–Crippen MR) is 52.6 cm³/mol. The third-order valence-corrected chi connectivity index (χ3v) is 2.23. The summed E-state index contributed by atoms with van der Waals surface area (Å²) in [5.41, 5.74) is 1.79. The van der Waals surface area contributed by atoms with E-state index in [1.807, 2.05) is 0 Å². The first-order valence-electron chi connectivity index (χ1n) is 3.96. The SMILES string of the molecule is Cc1ccc(C)c(C(=O)CCl)c1O. The summed E-state index contributed by atoms with van der Waals surface area (Å²) in [6.45, 7) is 3.53. The second-order valence-corrected chi connectivity index (χ2v) is 3.25. The minimum absolute atomic E-state index is 0.0469. The molecule has 0 aliphatic heterocycles. The maximum atomic E-state index is 11.3. The first kappa shape index (κ1) is 10.1. The fraction of sp³-hybridized carbons (Fsp3) is 0.300. The average molecular weight is 199 g/mol. The second-order valence-electron chi connectivity index (χ2n) is 2.98. The molecule has 1 N–H and O–H groups in total. The molecule has 0 bridgehead atoms. The van der Waals surface area contributed by atoms with Crippen LogP contribution in [0.5, 0.6) is 5.75 Å². The molecule has 0 saturated heterocycles. The fourth-order valence-electron chi connectivity index (χ4n) is 1.21. The molecule has 70 valence electrons. The van der Waals surface area contributed by atoms with E-state index in [0.29, 0.717) is 11.1 Å². The van der Waals surface area contributed by atoms with Gasteiger partial charge in [0.15, 0.2) is 5.78 Å². The van der Waals surface area contributed by atoms with Crippen LogP contribution in [0.15, 0.2) is 12.1 Å². The monoisotopic (exact) mass is 198 g/mol. The Morgan fingerprint density at radius 3 is 2.46 bits per heavy atom. The summed E-state index contributed by atoms with van der Waals surface area (Å²) < 4.78 is 0. The number of hydrogen-bond acceptors (Lipinski definition) is 2. The maximum absolute atomic E-state index is 11.3. The summed E-state index contributed by atoms with van der Waals surface area (Å²) in [6, 6.07) is 3.57. The molecule has 3 heteroatoms. The molecule has 0 saturated carbocycles. The van der Waals surface area contributed by atoms with E-state index in [0.717, 1.165) is 5.56 Å². The highest BCUT2D eigenvalue weighted by Gasteiger charge is 2.14. The van der Waals surface area contributed by atoms with E-state index in [-0.39, 0.29) is 17.4 Å². The number of Topliss-reactive ketones (excluding diaryl/α,β-unsaturated/α-hetero) is 1. The number of ketones is 1. The quantitative estimate of drug-likeness (QED) is 0.586. The third kappa shape index (κ3) is 1.83. The molecule has 13 heavy (non-hydrogen) atoms. The lowest BCUT2D eigenvalue weighted by molar-refractivity contribution is 0.101. The van der Waals surface area contributed by atoms with Crippen LogP contribution < -0.4 is 0 Å². The van der Waals surface area contributed by atoms with Gasteiger partial charge in [-0.3, -0.25) is 4.79 Å². The first-order valence-corrected chi connectivity index (χ1v) is 4.49. The van der Waals surface area contributed by atoms with Gasteiger partial charge < -0.3 is 5.11 Å². The van der Waals surface area contributed by atoms with E-state index < -0.39 is 0 Å². The van der Waals surface area contributed by atoms with E-state index in [9.17, 15) is 9.90 Å². The van der Waals surface area contributed by atoms with Crippen molar-refractivity contribution in [3.63, 3.8) is 0 Å². The molecule has 1 aromatic carbocycles. The Balaban J connectivity index is 3.33. The zero-order valence-corrected chi connectivity index (χ0v) is 8.35. The number of aryl methyl sites for hydroxylation is 2. The lowest BCUT2D eigenvalue weighted by Gasteiger charge is -2.07. The zero-order valence-electron chi connectivity index (χ0n) is 7.60. The van der Waals surface area contributed by atoms with Crippen molar-refractivity contribution >= 4 is 17.4 Å². The molecule has 1 rings (SSSR count). The van der Waals surface area contributed by atoms with Crippen molar-refractivity contribution in [1.29, 1.82) is 0 Å². The summed E-state index contributed by atoms with van der Waals surface area (Å²) >= 11 is 5.42. The van der Waals surface area contributed by atoms with Gasteiger partial charge in [-0.15, -0.1) is 11.6 Å². The lowest BCUT2D eigenvalue weighted by atomic mass is 10.0. The van der Waals surface area contributed by atoms with Crippen LogP contribution in [-0.2, 0) is 0 Å². The number of benzene rings is 1. The van der Waals surface area contributed by atoms with Gasteiger partial charge in [-0.25, -0.2) is 0 Å².